The predicted molar refractivity (Wildman–Crippen MR) is 72.9 cm³/mol. The fourth-order valence-electron chi connectivity index (χ4n) is 1.71. The minimum Gasteiger partial charge on any atom is -0.384 e. The molecule has 5 heteroatoms. The second-order valence-corrected chi connectivity index (χ2v) is 3.97. The first-order valence-electron chi connectivity index (χ1n) is 5.81. The first-order valence-corrected chi connectivity index (χ1v) is 5.81. The quantitative estimate of drug-likeness (QED) is 0.753. The molecule has 0 spiro atoms. The van der Waals surface area contributed by atoms with Crippen LogP contribution >= 0.6 is 0 Å². The van der Waals surface area contributed by atoms with Crippen molar-refractivity contribution in [3.63, 3.8) is 0 Å². The maximum absolute atomic E-state index is 5.65. The van der Waals surface area contributed by atoms with Crippen LogP contribution in [-0.2, 0) is 0 Å². The molecule has 0 saturated carbocycles. The third-order valence-electron chi connectivity index (χ3n) is 2.62. The van der Waals surface area contributed by atoms with Crippen molar-refractivity contribution < 1.29 is 0 Å². The molecule has 0 aliphatic carbocycles. The lowest BCUT2D eigenvalue weighted by Crippen LogP contribution is -1.95. The summed E-state index contributed by atoms with van der Waals surface area (Å²) in [5.74, 6) is 0.466. The van der Waals surface area contributed by atoms with Crippen molar-refractivity contribution in [2.45, 2.75) is 0 Å². The lowest BCUT2D eigenvalue weighted by Gasteiger charge is -2.02. The molecular formula is C14H11N5. The van der Waals surface area contributed by atoms with Gasteiger partial charge in [-0.15, -0.1) is 10.2 Å². The number of aromatic nitrogens is 4. The van der Waals surface area contributed by atoms with Crippen LogP contribution in [0, 0.1) is 0 Å². The number of rotatable bonds is 2. The van der Waals surface area contributed by atoms with E-state index < -0.39 is 0 Å². The van der Waals surface area contributed by atoms with Crippen LogP contribution in [0.5, 0.6) is 0 Å². The fraction of sp³-hybridized carbons (Fsp3) is 0. The van der Waals surface area contributed by atoms with E-state index in [0.29, 0.717) is 17.2 Å². The topological polar surface area (TPSA) is 77.6 Å². The van der Waals surface area contributed by atoms with Crippen molar-refractivity contribution in [3.8, 4) is 22.8 Å². The minimum absolute atomic E-state index is 0.466. The highest BCUT2D eigenvalue weighted by molar-refractivity contribution is 5.59. The molecule has 3 aromatic heterocycles. The van der Waals surface area contributed by atoms with Gasteiger partial charge in [0, 0.05) is 6.20 Å². The largest absolute Gasteiger partial charge is 0.384 e. The van der Waals surface area contributed by atoms with Crippen molar-refractivity contribution in [3.05, 3.63) is 54.7 Å². The summed E-state index contributed by atoms with van der Waals surface area (Å²) in [4.78, 5) is 8.43. The number of nitrogens with zero attached hydrogens (tertiary/aromatic N) is 4. The van der Waals surface area contributed by atoms with E-state index in [1.54, 1.807) is 12.3 Å². The Bertz CT molecular complexity index is 680. The Morgan fingerprint density at radius 2 is 1.42 bits per heavy atom. The van der Waals surface area contributed by atoms with Gasteiger partial charge in [-0.05, 0) is 36.4 Å². The van der Waals surface area contributed by atoms with Crippen molar-refractivity contribution in [2.24, 2.45) is 0 Å². The van der Waals surface area contributed by atoms with Crippen LogP contribution in [0.2, 0.25) is 0 Å². The Labute approximate surface area is 110 Å². The summed E-state index contributed by atoms with van der Waals surface area (Å²) < 4.78 is 0. The second-order valence-electron chi connectivity index (χ2n) is 3.97. The smallest absolute Gasteiger partial charge is 0.124 e. The van der Waals surface area contributed by atoms with Gasteiger partial charge >= 0.3 is 0 Å². The van der Waals surface area contributed by atoms with E-state index in [-0.39, 0.29) is 0 Å². The maximum Gasteiger partial charge on any atom is 0.124 e. The Balaban J connectivity index is 1.95. The maximum atomic E-state index is 5.65. The van der Waals surface area contributed by atoms with Crippen LogP contribution in [-0.4, -0.2) is 20.2 Å². The zero-order valence-corrected chi connectivity index (χ0v) is 10.1. The molecule has 2 N–H and O–H groups in total. The van der Waals surface area contributed by atoms with Gasteiger partial charge in [0.2, 0.25) is 0 Å². The highest BCUT2D eigenvalue weighted by atomic mass is 15.1. The van der Waals surface area contributed by atoms with Gasteiger partial charge in [-0.1, -0.05) is 12.1 Å². The van der Waals surface area contributed by atoms with Crippen LogP contribution in [0.25, 0.3) is 22.8 Å². The fourth-order valence-corrected chi connectivity index (χ4v) is 1.71. The number of pyridine rings is 2. The molecule has 3 aromatic rings. The van der Waals surface area contributed by atoms with E-state index in [0.717, 1.165) is 11.4 Å². The molecule has 3 rings (SSSR count). The molecular weight excluding hydrogens is 238 g/mol. The average molecular weight is 249 g/mol. The molecule has 5 nitrogen and oxygen atoms in total. The van der Waals surface area contributed by atoms with Gasteiger partial charge in [0.25, 0.3) is 0 Å². The lowest BCUT2D eigenvalue weighted by atomic mass is 10.2. The Morgan fingerprint density at radius 1 is 0.684 bits per heavy atom. The molecule has 92 valence electrons. The SMILES string of the molecule is Nc1cccc(-c2ccc(-c3ccccn3)nn2)n1. The Hall–Kier alpha value is -2.82. The lowest BCUT2D eigenvalue weighted by molar-refractivity contribution is 1.03. The Kier molecular flexibility index (Phi) is 2.86. The van der Waals surface area contributed by atoms with Gasteiger partial charge < -0.3 is 5.73 Å². The molecule has 3 heterocycles. The Morgan fingerprint density at radius 3 is 2.05 bits per heavy atom. The molecule has 0 bridgehead atoms. The highest BCUT2D eigenvalue weighted by Gasteiger charge is 2.04. The van der Waals surface area contributed by atoms with Gasteiger partial charge in [0.05, 0.1) is 11.4 Å². The molecule has 0 unspecified atom stereocenters. The molecule has 0 amide bonds. The van der Waals surface area contributed by atoms with E-state index in [9.17, 15) is 0 Å². The van der Waals surface area contributed by atoms with E-state index in [1.807, 2.05) is 42.5 Å². The monoisotopic (exact) mass is 249 g/mol. The van der Waals surface area contributed by atoms with Crippen LogP contribution in [0.15, 0.2) is 54.7 Å². The molecule has 0 saturated heterocycles. The molecule has 19 heavy (non-hydrogen) atoms. The van der Waals surface area contributed by atoms with Gasteiger partial charge in [-0.3, -0.25) is 4.98 Å². The average Bonchev–Trinajstić information content (AvgIpc) is 2.48. The minimum atomic E-state index is 0.466. The van der Waals surface area contributed by atoms with E-state index in [2.05, 4.69) is 20.2 Å². The first-order chi connectivity index (χ1) is 9.33. The first kappa shape index (κ1) is 11.3. The predicted octanol–water partition coefficient (Wildman–Crippen LogP) is 2.18. The summed E-state index contributed by atoms with van der Waals surface area (Å²) in [5, 5.41) is 8.32. The summed E-state index contributed by atoms with van der Waals surface area (Å²) in [6.45, 7) is 0. The number of nitrogen functional groups attached to an aromatic ring is 1. The van der Waals surface area contributed by atoms with Gasteiger partial charge in [-0.2, -0.15) is 0 Å². The number of nitrogens with two attached hydrogens (primary N) is 1. The standard InChI is InChI=1S/C14H11N5/c15-14-6-3-5-11(17-14)13-8-7-12(18-19-13)10-4-1-2-9-16-10/h1-9H,(H2,15,17). The summed E-state index contributed by atoms with van der Waals surface area (Å²) >= 11 is 0. The molecule has 0 aliphatic heterocycles. The molecule has 0 atom stereocenters. The number of anilines is 1. The van der Waals surface area contributed by atoms with Gasteiger partial charge in [-0.25, -0.2) is 4.98 Å². The second kappa shape index (κ2) is 4.81. The van der Waals surface area contributed by atoms with E-state index in [4.69, 9.17) is 5.73 Å². The molecule has 0 aliphatic rings. The molecule has 0 aromatic carbocycles. The number of hydrogen-bond donors (Lipinski definition) is 1. The zero-order valence-electron chi connectivity index (χ0n) is 10.1. The third kappa shape index (κ3) is 2.40. The van der Waals surface area contributed by atoms with Crippen LogP contribution < -0.4 is 5.73 Å². The van der Waals surface area contributed by atoms with Crippen molar-refractivity contribution in [1.82, 2.24) is 20.2 Å². The van der Waals surface area contributed by atoms with E-state index >= 15 is 0 Å². The molecule has 0 radical (unpaired) electrons. The summed E-state index contributed by atoms with van der Waals surface area (Å²) in [6, 6.07) is 14.8. The molecule has 0 fully saturated rings. The van der Waals surface area contributed by atoms with Gasteiger partial charge in [0.15, 0.2) is 0 Å². The highest BCUT2D eigenvalue weighted by Crippen LogP contribution is 2.18. The normalized spacial score (nSPS) is 10.3. The van der Waals surface area contributed by atoms with E-state index in [1.165, 1.54) is 0 Å². The number of hydrogen-bond acceptors (Lipinski definition) is 5. The van der Waals surface area contributed by atoms with Crippen molar-refractivity contribution >= 4 is 5.82 Å². The van der Waals surface area contributed by atoms with Crippen LogP contribution in [0.4, 0.5) is 5.82 Å². The zero-order chi connectivity index (χ0) is 13.1. The van der Waals surface area contributed by atoms with Crippen LogP contribution in [0.1, 0.15) is 0 Å². The summed E-state index contributed by atoms with van der Waals surface area (Å²) in [5.41, 5.74) is 8.57. The summed E-state index contributed by atoms with van der Waals surface area (Å²) in [6.07, 6.45) is 1.73. The van der Waals surface area contributed by atoms with Crippen molar-refractivity contribution in [2.75, 3.05) is 5.73 Å². The third-order valence-corrected chi connectivity index (χ3v) is 2.62. The van der Waals surface area contributed by atoms with Crippen molar-refractivity contribution in [1.29, 1.82) is 0 Å². The summed E-state index contributed by atoms with van der Waals surface area (Å²) in [7, 11) is 0. The van der Waals surface area contributed by atoms with Crippen LogP contribution in [0.3, 0.4) is 0 Å². The van der Waals surface area contributed by atoms with Gasteiger partial charge in [0.1, 0.15) is 17.2 Å².